The SMILES string of the molecule is O=C(O)c1ccc(OCc2nc(-c3ccccc3F)no2)cc1. The predicted octanol–water partition coefficient (Wildman–Crippen LogP) is 3.15. The van der Waals surface area contributed by atoms with Crippen LogP contribution in [0, 0.1) is 5.82 Å². The van der Waals surface area contributed by atoms with E-state index in [2.05, 4.69) is 10.1 Å². The molecular weight excluding hydrogens is 303 g/mol. The molecule has 3 rings (SSSR count). The number of carboxylic acids is 1. The summed E-state index contributed by atoms with van der Waals surface area (Å²) in [7, 11) is 0. The van der Waals surface area contributed by atoms with Crippen molar-refractivity contribution in [3.05, 3.63) is 65.8 Å². The van der Waals surface area contributed by atoms with E-state index >= 15 is 0 Å². The number of aromatic nitrogens is 2. The highest BCUT2D eigenvalue weighted by atomic mass is 19.1. The summed E-state index contributed by atoms with van der Waals surface area (Å²) in [5.41, 5.74) is 0.408. The first kappa shape index (κ1) is 14.7. The quantitative estimate of drug-likeness (QED) is 0.778. The average Bonchev–Trinajstić information content (AvgIpc) is 3.02. The molecule has 0 aliphatic heterocycles. The van der Waals surface area contributed by atoms with Crippen molar-refractivity contribution in [1.29, 1.82) is 0 Å². The Bertz CT molecular complexity index is 830. The standard InChI is InChI=1S/C16H11FN2O4/c17-13-4-2-1-3-12(13)15-18-14(23-19-15)9-22-11-7-5-10(6-8-11)16(20)21/h1-8H,9H2,(H,20,21). The van der Waals surface area contributed by atoms with Crippen molar-refractivity contribution < 1.29 is 23.6 Å². The summed E-state index contributed by atoms with van der Waals surface area (Å²) in [6.45, 7) is -0.00608. The molecule has 0 atom stereocenters. The van der Waals surface area contributed by atoms with E-state index < -0.39 is 11.8 Å². The fourth-order valence-electron chi connectivity index (χ4n) is 1.90. The maximum atomic E-state index is 13.6. The third-order valence-electron chi connectivity index (χ3n) is 3.05. The third-order valence-corrected chi connectivity index (χ3v) is 3.05. The van der Waals surface area contributed by atoms with Gasteiger partial charge in [0, 0.05) is 0 Å². The summed E-state index contributed by atoms with van der Waals surface area (Å²) in [4.78, 5) is 14.8. The lowest BCUT2D eigenvalue weighted by molar-refractivity contribution is 0.0697. The fraction of sp³-hybridized carbons (Fsp3) is 0.0625. The van der Waals surface area contributed by atoms with Crippen LogP contribution < -0.4 is 4.74 Å². The van der Waals surface area contributed by atoms with Gasteiger partial charge in [-0.3, -0.25) is 0 Å². The summed E-state index contributed by atoms with van der Waals surface area (Å²) in [6, 6.07) is 12.0. The van der Waals surface area contributed by atoms with Gasteiger partial charge in [0.05, 0.1) is 11.1 Å². The number of hydrogen-bond acceptors (Lipinski definition) is 5. The van der Waals surface area contributed by atoms with Gasteiger partial charge in [-0.2, -0.15) is 4.98 Å². The molecule has 0 aliphatic carbocycles. The molecule has 0 spiro atoms. The van der Waals surface area contributed by atoms with Crippen molar-refractivity contribution in [2.75, 3.05) is 0 Å². The molecule has 0 aliphatic rings. The fourth-order valence-corrected chi connectivity index (χ4v) is 1.90. The average molecular weight is 314 g/mol. The van der Waals surface area contributed by atoms with Crippen LogP contribution in [-0.2, 0) is 6.61 Å². The molecule has 0 saturated carbocycles. The Labute approximate surface area is 130 Å². The highest BCUT2D eigenvalue weighted by Crippen LogP contribution is 2.20. The third kappa shape index (κ3) is 3.34. The largest absolute Gasteiger partial charge is 0.484 e. The molecule has 1 N–H and O–H groups in total. The molecule has 7 heteroatoms. The van der Waals surface area contributed by atoms with Gasteiger partial charge in [0.25, 0.3) is 5.89 Å². The molecule has 6 nitrogen and oxygen atoms in total. The second-order valence-corrected chi connectivity index (χ2v) is 4.61. The molecule has 0 fully saturated rings. The van der Waals surface area contributed by atoms with Crippen molar-refractivity contribution in [3.8, 4) is 17.1 Å². The van der Waals surface area contributed by atoms with Crippen molar-refractivity contribution in [1.82, 2.24) is 10.1 Å². The number of carbonyl (C=O) groups is 1. The van der Waals surface area contributed by atoms with Gasteiger partial charge in [0.2, 0.25) is 5.82 Å². The van der Waals surface area contributed by atoms with E-state index in [1.54, 1.807) is 18.2 Å². The predicted molar refractivity (Wildman–Crippen MR) is 77.4 cm³/mol. The normalized spacial score (nSPS) is 10.5. The van der Waals surface area contributed by atoms with E-state index in [4.69, 9.17) is 14.4 Å². The Morgan fingerprint density at radius 2 is 1.91 bits per heavy atom. The van der Waals surface area contributed by atoms with E-state index in [0.29, 0.717) is 5.75 Å². The Morgan fingerprint density at radius 3 is 2.61 bits per heavy atom. The second kappa shape index (κ2) is 6.27. The van der Waals surface area contributed by atoms with Crippen molar-refractivity contribution in [2.45, 2.75) is 6.61 Å². The topological polar surface area (TPSA) is 85.5 Å². The smallest absolute Gasteiger partial charge is 0.335 e. The molecule has 3 aromatic rings. The van der Waals surface area contributed by atoms with Gasteiger partial charge in [-0.05, 0) is 36.4 Å². The van der Waals surface area contributed by atoms with E-state index in [0.717, 1.165) is 0 Å². The number of halogens is 1. The van der Waals surface area contributed by atoms with Crippen LogP contribution >= 0.6 is 0 Å². The number of nitrogens with zero attached hydrogens (tertiary/aromatic N) is 2. The lowest BCUT2D eigenvalue weighted by atomic mass is 10.2. The summed E-state index contributed by atoms with van der Waals surface area (Å²) < 4.78 is 24.1. The maximum Gasteiger partial charge on any atom is 0.335 e. The van der Waals surface area contributed by atoms with Crippen molar-refractivity contribution >= 4 is 5.97 Å². The monoisotopic (exact) mass is 314 g/mol. The molecule has 0 saturated heterocycles. The number of ether oxygens (including phenoxy) is 1. The van der Waals surface area contributed by atoms with Gasteiger partial charge >= 0.3 is 5.97 Å². The Kier molecular flexibility index (Phi) is 4.01. The molecule has 0 amide bonds. The minimum absolute atomic E-state index is 0.00608. The van der Waals surface area contributed by atoms with Crippen LogP contribution in [-0.4, -0.2) is 21.2 Å². The van der Waals surface area contributed by atoms with Crippen LogP contribution in [0.25, 0.3) is 11.4 Å². The summed E-state index contributed by atoms with van der Waals surface area (Å²) in [5, 5.41) is 12.5. The molecule has 0 bridgehead atoms. The van der Waals surface area contributed by atoms with E-state index in [1.165, 1.54) is 30.3 Å². The molecule has 0 unspecified atom stereocenters. The van der Waals surface area contributed by atoms with Crippen LogP contribution in [0.4, 0.5) is 4.39 Å². The minimum Gasteiger partial charge on any atom is -0.484 e. The van der Waals surface area contributed by atoms with Crippen molar-refractivity contribution in [3.63, 3.8) is 0 Å². The highest BCUT2D eigenvalue weighted by molar-refractivity contribution is 5.87. The van der Waals surface area contributed by atoms with E-state index in [1.807, 2.05) is 0 Å². The number of hydrogen-bond donors (Lipinski definition) is 1. The lowest BCUT2D eigenvalue weighted by Crippen LogP contribution is -1.98. The van der Waals surface area contributed by atoms with Crippen LogP contribution in [0.15, 0.2) is 53.1 Å². The summed E-state index contributed by atoms with van der Waals surface area (Å²) in [5.74, 6) is -0.665. The van der Waals surface area contributed by atoms with Crippen LogP contribution in [0.1, 0.15) is 16.2 Å². The number of benzene rings is 2. The Balaban J connectivity index is 1.68. The molecule has 1 aromatic heterocycles. The van der Waals surface area contributed by atoms with E-state index in [-0.39, 0.29) is 29.4 Å². The molecule has 23 heavy (non-hydrogen) atoms. The minimum atomic E-state index is -1.01. The van der Waals surface area contributed by atoms with Gasteiger partial charge in [-0.15, -0.1) is 0 Å². The summed E-state index contributed by atoms with van der Waals surface area (Å²) >= 11 is 0. The first-order valence-corrected chi connectivity index (χ1v) is 6.67. The van der Waals surface area contributed by atoms with Gasteiger partial charge in [0.1, 0.15) is 11.6 Å². The van der Waals surface area contributed by atoms with Gasteiger partial charge in [-0.25, -0.2) is 9.18 Å². The first-order chi connectivity index (χ1) is 11.1. The lowest BCUT2D eigenvalue weighted by Gasteiger charge is -2.02. The highest BCUT2D eigenvalue weighted by Gasteiger charge is 2.12. The number of aromatic carboxylic acids is 1. The molecular formula is C16H11FN2O4. The van der Waals surface area contributed by atoms with Crippen LogP contribution in [0.2, 0.25) is 0 Å². The Morgan fingerprint density at radius 1 is 1.17 bits per heavy atom. The molecule has 1 heterocycles. The second-order valence-electron chi connectivity index (χ2n) is 4.61. The van der Waals surface area contributed by atoms with Crippen molar-refractivity contribution in [2.24, 2.45) is 0 Å². The van der Waals surface area contributed by atoms with Crippen LogP contribution in [0.3, 0.4) is 0 Å². The van der Waals surface area contributed by atoms with E-state index in [9.17, 15) is 9.18 Å². The Hall–Kier alpha value is -3.22. The zero-order chi connectivity index (χ0) is 16.2. The van der Waals surface area contributed by atoms with Gasteiger partial charge in [0.15, 0.2) is 6.61 Å². The van der Waals surface area contributed by atoms with Gasteiger partial charge in [-0.1, -0.05) is 17.3 Å². The van der Waals surface area contributed by atoms with Gasteiger partial charge < -0.3 is 14.4 Å². The van der Waals surface area contributed by atoms with Crippen LogP contribution in [0.5, 0.6) is 5.75 Å². The molecule has 2 aromatic carbocycles. The molecule has 116 valence electrons. The number of rotatable bonds is 5. The maximum absolute atomic E-state index is 13.6. The summed E-state index contributed by atoms with van der Waals surface area (Å²) in [6.07, 6.45) is 0. The number of carboxylic acid groups (broad SMARTS) is 1. The zero-order valence-electron chi connectivity index (χ0n) is 11.8. The molecule has 0 radical (unpaired) electrons. The first-order valence-electron chi connectivity index (χ1n) is 6.67. The zero-order valence-corrected chi connectivity index (χ0v) is 11.8.